The van der Waals surface area contributed by atoms with Crippen molar-refractivity contribution in [3.63, 3.8) is 0 Å². The molecular weight excluding hydrogens is 247 g/mol. The first-order chi connectivity index (χ1) is 9.22. The molecule has 3 rings (SSSR count). The lowest BCUT2D eigenvalue weighted by molar-refractivity contribution is 0.193. The molecule has 2 atom stereocenters. The van der Waals surface area contributed by atoms with Gasteiger partial charge in [-0.2, -0.15) is 0 Å². The van der Waals surface area contributed by atoms with Crippen molar-refractivity contribution in [2.24, 2.45) is 0 Å². The molecule has 0 saturated carbocycles. The third-order valence-electron chi connectivity index (χ3n) is 3.43. The highest BCUT2D eigenvalue weighted by Gasteiger charge is 2.23. The zero-order chi connectivity index (χ0) is 13.2. The Morgan fingerprint density at radius 1 is 1.47 bits per heavy atom. The van der Waals surface area contributed by atoms with E-state index in [4.69, 9.17) is 4.42 Å². The van der Waals surface area contributed by atoms with E-state index in [-0.39, 0.29) is 18.0 Å². The molecule has 5 heteroatoms. The third-order valence-corrected chi connectivity index (χ3v) is 3.43. The van der Waals surface area contributed by atoms with Crippen molar-refractivity contribution < 1.29 is 13.9 Å². The predicted octanol–water partition coefficient (Wildman–Crippen LogP) is 1.75. The van der Waals surface area contributed by atoms with E-state index in [1.165, 1.54) is 12.5 Å². The number of aliphatic hydroxyl groups is 1. The van der Waals surface area contributed by atoms with Crippen LogP contribution in [0.1, 0.15) is 12.0 Å². The maximum Gasteiger partial charge on any atom is 0.181 e. The normalized spacial score (nSPS) is 22.8. The number of rotatable bonds is 3. The molecule has 4 nitrogen and oxygen atoms in total. The predicted molar refractivity (Wildman–Crippen MR) is 68.0 cm³/mol. The van der Waals surface area contributed by atoms with E-state index in [9.17, 15) is 9.50 Å². The molecule has 0 bridgehead atoms. The van der Waals surface area contributed by atoms with Gasteiger partial charge in [-0.1, -0.05) is 12.1 Å². The van der Waals surface area contributed by atoms with Crippen LogP contribution in [-0.4, -0.2) is 28.8 Å². The summed E-state index contributed by atoms with van der Waals surface area (Å²) in [4.78, 5) is 3.82. The van der Waals surface area contributed by atoms with Gasteiger partial charge in [0.15, 0.2) is 12.2 Å². The Hall–Kier alpha value is -1.72. The lowest BCUT2D eigenvalue weighted by Gasteiger charge is -2.11. The van der Waals surface area contributed by atoms with Gasteiger partial charge >= 0.3 is 0 Å². The van der Waals surface area contributed by atoms with Gasteiger partial charge in [0.25, 0.3) is 0 Å². The minimum atomic E-state index is -0.318. The van der Waals surface area contributed by atoms with Gasteiger partial charge in [0.1, 0.15) is 5.82 Å². The molecule has 1 fully saturated rings. The molecule has 1 aliphatic rings. The van der Waals surface area contributed by atoms with E-state index in [0.29, 0.717) is 36.3 Å². The Morgan fingerprint density at radius 2 is 2.37 bits per heavy atom. The molecule has 0 aliphatic carbocycles. The lowest BCUT2D eigenvalue weighted by Crippen LogP contribution is -2.24. The van der Waals surface area contributed by atoms with Crippen LogP contribution in [-0.2, 0) is 6.42 Å². The van der Waals surface area contributed by atoms with E-state index in [1.807, 2.05) is 6.07 Å². The highest BCUT2D eigenvalue weighted by molar-refractivity contribution is 5.56. The first-order valence-corrected chi connectivity index (χ1v) is 6.31. The monoisotopic (exact) mass is 262 g/mol. The molecule has 1 saturated heterocycles. The highest BCUT2D eigenvalue weighted by atomic mass is 19.1. The molecule has 0 amide bonds. The van der Waals surface area contributed by atoms with Crippen LogP contribution in [0.2, 0.25) is 0 Å². The molecule has 0 spiro atoms. The number of nitrogens with zero attached hydrogens (tertiary/aromatic N) is 1. The summed E-state index contributed by atoms with van der Waals surface area (Å²) in [7, 11) is 0. The number of oxazole rings is 1. The number of nitrogens with one attached hydrogen (secondary N) is 1. The van der Waals surface area contributed by atoms with Gasteiger partial charge in [-0.25, -0.2) is 9.37 Å². The van der Waals surface area contributed by atoms with Crippen LogP contribution < -0.4 is 5.32 Å². The van der Waals surface area contributed by atoms with Gasteiger partial charge in [0.2, 0.25) is 0 Å². The van der Waals surface area contributed by atoms with Crippen LogP contribution in [0.3, 0.4) is 0 Å². The zero-order valence-corrected chi connectivity index (χ0v) is 10.3. The zero-order valence-electron chi connectivity index (χ0n) is 10.3. The van der Waals surface area contributed by atoms with Crippen molar-refractivity contribution in [1.29, 1.82) is 0 Å². The van der Waals surface area contributed by atoms with Crippen molar-refractivity contribution in [2.75, 3.05) is 6.54 Å². The Kier molecular flexibility index (Phi) is 3.31. The molecule has 1 aliphatic heterocycles. The first-order valence-electron chi connectivity index (χ1n) is 6.31. The number of β-amino-alcohol motifs (C(OH)–C–C–N with tert-alkyl or cyclic N) is 1. The van der Waals surface area contributed by atoms with E-state index >= 15 is 0 Å². The minimum absolute atomic E-state index is 0.139. The third kappa shape index (κ3) is 2.67. The topological polar surface area (TPSA) is 58.3 Å². The summed E-state index contributed by atoms with van der Waals surface area (Å²) in [5.41, 5.74) is 1.33. The van der Waals surface area contributed by atoms with E-state index in [1.54, 1.807) is 12.3 Å². The standard InChI is InChI=1S/C14H15FN2O2/c15-13-4-10(14-7-16-8-19-14)2-1-9(13)3-11-5-12(18)6-17-11/h1-2,4,7-8,11-12,17-18H,3,5-6H2/t11-,12+/m1/s1. The van der Waals surface area contributed by atoms with Gasteiger partial charge in [-0.3, -0.25) is 0 Å². The lowest BCUT2D eigenvalue weighted by atomic mass is 10.0. The Labute approximate surface area is 110 Å². The van der Waals surface area contributed by atoms with Crippen molar-refractivity contribution in [3.8, 4) is 11.3 Å². The SMILES string of the molecule is O[C@@H]1CN[C@H](Cc2ccc(-c3cnco3)cc2F)C1. The molecule has 1 aromatic carbocycles. The van der Waals surface area contributed by atoms with Crippen LogP contribution in [0.25, 0.3) is 11.3 Å². The van der Waals surface area contributed by atoms with Crippen LogP contribution in [0.4, 0.5) is 4.39 Å². The van der Waals surface area contributed by atoms with Crippen molar-refractivity contribution >= 4 is 0 Å². The Balaban J connectivity index is 1.76. The van der Waals surface area contributed by atoms with Gasteiger partial charge in [0.05, 0.1) is 12.3 Å². The van der Waals surface area contributed by atoms with Crippen LogP contribution in [0.5, 0.6) is 0 Å². The molecule has 2 N–H and O–H groups in total. The number of aromatic nitrogens is 1. The van der Waals surface area contributed by atoms with Gasteiger partial charge in [0, 0.05) is 18.2 Å². The first kappa shape index (κ1) is 12.3. The average molecular weight is 262 g/mol. The van der Waals surface area contributed by atoms with E-state index < -0.39 is 0 Å². The molecule has 2 heterocycles. The van der Waals surface area contributed by atoms with Crippen molar-refractivity contribution in [2.45, 2.75) is 25.0 Å². The average Bonchev–Trinajstić information content (AvgIpc) is 3.03. The maximum atomic E-state index is 14.0. The van der Waals surface area contributed by atoms with Crippen LogP contribution in [0, 0.1) is 5.82 Å². The fraction of sp³-hybridized carbons (Fsp3) is 0.357. The summed E-state index contributed by atoms with van der Waals surface area (Å²) < 4.78 is 19.2. The number of aliphatic hydroxyl groups excluding tert-OH is 1. The fourth-order valence-electron chi connectivity index (χ4n) is 2.44. The number of benzene rings is 1. The highest BCUT2D eigenvalue weighted by Crippen LogP contribution is 2.23. The summed E-state index contributed by atoms with van der Waals surface area (Å²) >= 11 is 0. The van der Waals surface area contributed by atoms with Gasteiger partial charge in [-0.15, -0.1) is 0 Å². The van der Waals surface area contributed by atoms with Crippen LogP contribution >= 0.6 is 0 Å². The summed E-state index contributed by atoms with van der Waals surface area (Å²) in [6.45, 7) is 0.586. The molecule has 2 aromatic rings. The molecule has 100 valence electrons. The minimum Gasteiger partial charge on any atom is -0.444 e. The molecule has 0 unspecified atom stereocenters. The number of hydrogen-bond acceptors (Lipinski definition) is 4. The number of halogens is 1. The summed E-state index contributed by atoms with van der Waals surface area (Å²) in [5, 5.41) is 12.6. The van der Waals surface area contributed by atoms with Crippen molar-refractivity contribution in [1.82, 2.24) is 10.3 Å². The van der Waals surface area contributed by atoms with E-state index in [0.717, 1.165) is 0 Å². The second-order valence-corrected chi connectivity index (χ2v) is 4.87. The fourth-order valence-corrected chi connectivity index (χ4v) is 2.44. The van der Waals surface area contributed by atoms with Crippen LogP contribution in [0.15, 0.2) is 35.2 Å². The molecule has 1 aromatic heterocycles. The number of hydrogen-bond donors (Lipinski definition) is 2. The smallest absolute Gasteiger partial charge is 0.181 e. The molecular formula is C14H15FN2O2. The largest absolute Gasteiger partial charge is 0.444 e. The van der Waals surface area contributed by atoms with E-state index in [2.05, 4.69) is 10.3 Å². The maximum absolute atomic E-state index is 14.0. The second kappa shape index (κ2) is 5.11. The Bertz CT molecular complexity index is 557. The summed E-state index contributed by atoms with van der Waals surface area (Å²) in [6.07, 6.45) is 3.82. The molecule has 0 radical (unpaired) electrons. The van der Waals surface area contributed by atoms with Gasteiger partial charge < -0.3 is 14.8 Å². The quantitative estimate of drug-likeness (QED) is 0.884. The summed E-state index contributed by atoms with van der Waals surface area (Å²) in [5.74, 6) is 0.303. The summed E-state index contributed by atoms with van der Waals surface area (Å²) in [6, 6.07) is 5.19. The second-order valence-electron chi connectivity index (χ2n) is 4.87. The van der Waals surface area contributed by atoms with Gasteiger partial charge in [-0.05, 0) is 24.5 Å². The van der Waals surface area contributed by atoms with Crippen molar-refractivity contribution in [3.05, 3.63) is 42.2 Å². The molecule has 19 heavy (non-hydrogen) atoms. The Morgan fingerprint density at radius 3 is 3.00 bits per heavy atom.